The first kappa shape index (κ1) is 9.13. The summed E-state index contributed by atoms with van der Waals surface area (Å²) in [5, 5.41) is 0. The summed E-state index contributed by atoms with van der Waals surface area (Å²) < 4.78 is 17.0. The summed E-state index contributed by atoms with van der Waals surface area (Å²) in [7, 11) is 0. The Hall–Kier alpha value is -0.120. The molecule has 14 heavy (non-hydrogen) atoms. The lowest BCUT2D eigenvalue weighted by atomic mass is 9.75. The van der Waals surface area contributed by atoms with E-state index in [0.29, 0.717) is 12.2 Å². The molecule has 0 amide bonds. The average Bonchev–Trinajstić information content (AvgIpc) is 2.90. The van der Waals surface area contributed by atoms with Crippen LogP contribution in [-0.2, 0) is 14.2 Å². The smallest absolute Gasteiger partial charge is 0.0848 e. The van der Waals surface area contributed by atoms with E-state index >= 15 is 0 Å². The maximum Gasteiger partial charge on any atom is 0.0848 e. The number of rotatable bonds is 0. The predicted octanol–water partition coefficient (Wildman–Crippen LogP) is 1.36. The number of fused-ring (bicyclic) bond motifs is 1. The summed E-state index contributed by atoms with van der Waals surface area (Å²) in [5.41, 5.74) is 0.276. The first-order valence-corrected chi connectivity index (χ1v) is 5.69. The lowest BCUT2D eigenvalue weighted by molar-refractivity contribution is -0.0665. The maximum absolute atomic E-state index is 5.70. The molecule has 1 saturated carbocycles. The molecule has 0 radical (unpaired) electrons. The van der Waals surface area contributed by atoms with E-state index in [2.05, 4.69) is 0 Å². The Morgan fingerprint density at radius 1 is 1.00 bits per heavy atom. The normalized spacial score (nSPS) is 41.1. The van der Waals surface area contributed by atoms with Gasteiger partial charge in [-0.1, -0.05) is 0 Å². The highest BCUT2D eigenvalue weighted by molar-refractivity contribution is 4.99. The van der Waals surface area contributed by atoms with Crippen LogP contribution in [0.3, 0.4) is 0 Å². The minimum atomic E-state index is 0.276. The second-order valence-corrected chi connectivity index (χ2v) is 4.91. The van der Waals surface area contributed by atoms with Gasteiger partial charge in [-0.25, -0.2) is 0 Å². The van der Waals surface area contributed by atoms with Gasteiger partial charge in [0.2, 0.25) is 0 Å². The fourth-order valence-electron chi connectivity index (χ4n) is 2.73. The van der Waals surface area contributed by atoms with Crippen molar-refractivity contribution in [3.63, 3.8) is 0 Å². The highest BCUT2D eigenvalue weighted by Gasteiger charge is 2.50. The van der Waals surface area contributed by atoms with Gasteiger partial charge in [0.25, 0.3) is 0 Å². The molecule has 1 spiro atoms. The molecule has 2 saturated heterocycles. The zero-order valence-corrected chi connectivity index (χ0v) is 8.54. The molecule has 80 valence electrons. The molecular weight excluding hydrogens is 180 g/mol. The fourth-order valence-corrected chi connectivity index (χ4v) is 2.73. The Bertz CT molecular complexity index is 209. The first-order chi connectivity index (χ1) is 6.88. The van der Waals surface area contributed by atoms with Crippen LogP contribution in [0.1, 0.15) is 25.7 Å². The van der Waals surface area contributed by atoms with Gasteiger partial charge in [-0.05, 0) is 25.7 Å². The molecule has 2 aliphatic heterocycles. The zero-order valence-electron chi connectivity index (χ0n) is 8.54. The van der Waals surface area contributed by atoms with Crippen LogP contribution in [0.2, 0.25) is 0 Å². The summed E-state index contributed by atoms with van der Waals surface area (Å²) >= 11 is 0. The van der Waals surface area contributed by atoms with Crippen LogP contribution in [-0.4, -0.2) is 38.6 Å². The van der Waals surface area contributed by atoms with Crippen molar-refractivity contribution in [2.24, 2.45) is 5.41 Å². The van der Waals surface area contributed by atoms with E-state index < -0.39 is 0 Å². The van der Waals surface area contributed by atoms with Gasteiger partial charge >= 0.3 is 0 Å². The van der Waals surface area contributed by atoms with Crippen molar-refractivity contribution in [1.82, 2.24) is 0 Å². The highest BCUT2D eigenvalue weighted by Crippen LogP contribution is 2.46. The third-order valence-corrected chi connectivity index (χ3v) is 3.67. The Kier molecular flexibility index (Phi) is 2.26. The maximum atomic E-state index is 5.70. The lowest BCUT2D eigenvalue weighted by Gasteiger charge is -2.36. The molecule has 0 bridgehead atoms. The van der Waals surface area contributed by atoms with Gasteiger partial charge in [-0.2, -0.15) is 0 Å². The topological polar surface area (TPSA) is 31.0 Å². The second kappa shape index (κ2) is 3.47. The second-order valence-electron chi connectivity index (χ2n) is 4.91. The molecule has 3 aliphatic rings. The van der Waals surface area contributed by atoms with Gasteiger partial charge in [0.15, 0.2) is 0 Å². The SMILES string of the molecule is C1COCC2(CCC3OC3C2)COC1. The molecule has 0 aromatic rings. The molecule has 3 rings (SSSR count). The molecule has 3 nitrogen and oxygen atoms in total. The van der Waals surface area contributed by atoms with Crippen LogP contribution in [0, 0.1) is 5.41 Å². The van der Waals surface area contributed by atoms with E-state index in [-0.39, 0.29) is 5.41 Å². The van der Waals surface area contributed by atoms with Gasteiger partial charge in [0.05, 0.1) is 25.4 Å². The van der Waals surface area contributed by atoms with Crippen LogP contribution in [0.25, 0.3) is 0 Å². The zero-order chi connectivity index (χ0) is 9.43. The van der Waals surface area contributed by atoms with E-state index in [1.807, 2.05) is 0 Å². The predicted molar refractivity (Wildman–Crippen MR) is 51.2 cm³/mol. The van der Waals surface area contributed by atoms with Crippen molar-refractivity contribution in [1.29, 1.82) is 0 Å². The van der Waals surface area contributed by atoms with Crippen LogP contribution < -0.4 is 0 Å². The van der Waals surface area contributed by atoms with E-state index in [1.165, 1.54) is 12.8 Å². The number of hydrogen-bond acceptors (Lipinski definition) is 3. The molecule has 2 unspecified atom stereocenters. The molecule has 2 atom stereocenters. The van der Waals surface area contributed by atoms with Gasteiger partial charge in [-0.15, -0.1) is 0 Å². The Balaban J connectivity index is 1.65. The van der Waals surface area contributed by atoms with Crippen molar-refractivity contribution in [2.75, 3.05) is 26.4 Å². The summed E-state index contributed by atoms with van der Waals surface area (Å²) in [6.45, 7) is 3.46. The minimum Gasteiger partial charge on any atom is -0.381 e. The van der Waals surface area contributed by atoms with Crippen molar-refractivity contribution in [3.8, 4) is 0 Å². The molecule has 0 N–H and O–H groups in total. The molecule has 2 heterocycles. The van der Waals surface area contributed by atoms with E-state index in [0.717, 1.165) is 39.3 Å². The van der Waals surface area contributed by atoms with E-state index in [1.54, 1.807) is 0 Å². The van der Waals surface area contributed by atoms with Gasteiger partial charge in [0.1, 0.15) is 0 Å². The van der Waals surface area contributed by atoms with Crippen molar-refractivity contribution in [2.45, 2.75) is 37.9 Å². The largest absolute Gasteiger partial charge is 0.381 e. The Morgan fingerprint density at radius 2 is 1.79 bits per heavy atom. The van der Waals surface area contributed by atoms with Gasteiger partial charge in [0, 0.05) is 18.6 Å². The van der Waals surface area contributed by atoms with Crippen LogP contribution in [0.15, 0.2) is 0 Å². The monoisotopic (exact) mass is 198 g/mol. The summed E-state index contributed by atoms with van der Waals surface area (Å²) in [6, 6.07) is 0. The summed E-state index contributed by atoms with van der Waals surface area (Å²) in [5.74, 6) is 0. The summed E-state index contributed by atoms with van der Waals surface area (Å²) in [6.07, 6.45) is 5.71. The quantitative estimate of drug-likeness (QED) is 0.551. The Labute approximate surface area is 84.7 Å². The molecule has 0 aromatic heterocycles. The molecule has 0 aromatic carbocycles. The Morgan fingerprint density at radius 3 is 2.50 bits per heavy atom. The van der Waals surface area contributed by atoms with E-state index in [9.17, 15) is 0 Å². The van der Waals surface area contributed by atoms with E-state index in [4.69, 9.17) is 14.2 Å². The fraction of sp³-hybridized carbons (Fsp3) is 1.00. The summed E-state index contributed by atoms with van der Waals surface area (Å²) in [4.78, 5) is 0. The van der Waals surface area contributed by atoms with Gasteiger partial charge < -0.3 is 14.2 Å². The molecule has 1 aliphatic carbocycles. The molecular formula is C11H18O3. The van der Waals surface area contributed by atoms with Crippen molar-refractivity contribution >= 4 is 0 Å². The highest BCUT2D eigenvalue weighted by atomic mass is 16.6. The van der Waals surface area contributed by atoms with Crippen LogP contribution in [0.5, 0.6) is 0 Å². The first-order valence-electron chi connectivity index (χ1n) is 5.69. The third kappa shape index (κ3) is 1.69. The number of hydrogen-bond donors (Lipinski definition) is 0. The number of epoxide rings is 1. The third-order valence-electron chi connectivity index (χ3n) is 3.67. The standard InChI is InChI=1S/C11H18O3/c1-4-12-7-11(8-13-5-1)3-2-9-10(6-11)14-9/h9-10H,1-8H2. The number of ether oxygens (including phenoxy) is 3. The molecule has 3 heteroatoms. The van der Waals surface area contributed by atoms with Crippen LogP contribution >= 0.6 is 0 Å². The molecule has 3 fully saturated rings. The van der Waals surface area contributed by atoms with Crippen molar-refractivity contribution in [3.05, 3.63) is 0 Å². The minimum absolute atomic E-state index is 0.276. The van der Waals surface area contributed by atoms with Crippen LogP contribution in [0.4, 0.5) is 0 Å². The van der Waals surface area contributed by atoms with Gasteiger partial charge in [-0.3, -0.25) is 0 Å². The lowest BCUT2D eigenvalue weighted by Crippen LogP contribution is -2.38. The average molecular weight is 198 g/mol. The van der Waals surface area contributed by atoms with Crippen molar-refractivity contribution < 1.29 is 14.2 Å².